The first-order valence-electron chi connectivity index (χ1n) is 9.02. The second kappa shape index (κ2) is 9.23. The van der Waals surface area contributed by atoms with Crippen molar-refractivity contribution in [3.05, 3.63) is 53.1 Å². The highest BCUT2D eigenvalue weighted by Crippen LogP contribution is 2.37. The van der Waals surface area contributed by atoms with E-state index < -0.39 is 11.7 Å². The fourth-order valence-corrected chi connectivity index (χ4v) is 4.57. The number of hydrogen-bond donors (Lipinski definition) is 0. The quantitative estimate of drug-likeness (QED) is 0.402. The van der Waals surface area contributed by atoms with Crippen molar-refractivity contribution in [3.8, 4) is 16.9 Å². The molecule has 0 saturated carbocycles. The summed E-state index contributed by atoms with van der Waals surface area (Å²) in [6.45, 7) is 4.21. The van der Waals surface area contributed by atoms with Gasteiger partial charge in [0.1, 0.15) is 12.0 Å². The largest absolute Gasteiger partial charge is 0.493 e. The summed E-state index contributed by atoms with van der Waals surface area (Å²) in [4.78, 5) is 5.39. The molecule has 1 aliphatic heterocycles. The molecule has 0 aromatic heterocycles. The average Bonchev–Trinajstić information content (AvgIpc) is 3.08. The summed E-state index contributed by atoms with van der Waals surface area (Å²) in [7, 11) is 1.54. The molecule has 0 N–H and O–H groups in total. The number of nitriles is 1. The van der Waals surface area contributed by atoms with E-state index in [0.29, 0.717) is 28.7 Å². The maximum atomic E-state index is 12.8. The third kappa shape index (κ3) is 5.05. The van der Waals surface area contributed by atoms with Crippen LogP contribution < -0.4 is 9.47 Å². The monoisotopic (exact) mass is 452 g/mol. The Bertz CT molecular complexity index is 985. The molecule has 0 aliphatic carbocycles. The Labute approximate surface area is 181 Å². The van der Waals surface area contributed by atoms with Gasteiger partial charge in [-0.1, -0.05) is 23.9 Å². The molecule has 0 bridgehead atoms. The van der Waals surface area contributed by atoms with E-state index in [1.165, 1.54) is 31.0 Å². The van der Waals surface area contributed by atoms with Crippen molar-refractivity contribution < 1.29 is 22.6 Å². The highest BCUT2D eigenvalue weighted by Gasteiger charge is 2.32. The molecule has 0 amide bonds. The van der Waals surface area contributed by atoms with E-state index in [2.05, 4.69) is 4.99 Å². The molecule has 3 rings (SSSR count). The lowest BCUT2D eigenvalue weighted by atomic mass is 10.1. The van der Waals surface area contributed by atoms with E-state index in [1.807, 2.05) is 25.3 Å². The lowest BCUT2D eigenvalue weighted by Crippen LogP contribution is -2.22. The lowest BCUT2D eigenvalue weighted by molar-refractivity contribution is -0.137. The van der Waals surface area contributed by atoms with Gasteiger partial charge in [-0.15, -0.1) is 0 Å². The lowest BCUT2D eigenvalue weighted by Gasteiger charge is -2.17. The third-order valence-corrected chi connectivity index (χ3v) is 6.75. The number of methoxy groups -OCH3 is 1. The van der Waals surface area contributed by atoms with Gasteiger partial charge in [0.15, 0.2) is 11.5 Å². The van der Waals surface area contributed by atoms with Crippen molar-refractivity contribution in [3.63, 3.8) is 0 Å². The minimum Gasteiger partial charge on any atom is -0.493 e. The number of benzene rings is 2. The van der Waals surface area contributed by atoms with Crippen molar-refractivity contribution >= 4 is 28.6 Å². The molecule has 0 spiro atoms. The second-order valence-electron chi connectivity index (χ2n) is 6.68. The number of aliphatic imine (C=N–C) groups is 1. The van der Waals surface area contributed by atoms with Crippen LogP contribution in [0.2, 0.25) is 0 Å². The van der Waals surface area contributed by atoms with E-state index >= 15 is 0 Å². The van der Waals surface area contributed by atoms with Crippen molar-refractivity contribution in [1.29, 1.82) is 5.26 Å². The summed E-state index contributed by atoms with van der Waals surface area (Å²) >= 11 is 2.55. The fraction of sp³-hybridized carbons (Fsp3) is 0.333. The highest BCUT2D eigenvalue weighted by molar-refractivity contribution is 8.15. The van der Waals surface area contributed by atoms with Crippen LogP contribution in [0.25, 0.3) is 0 Å². The molecular weight excluding hydrogens is 433 g/mol. The zero-order valence-electron chi connectivity index (χ0n) is 16.5. The number of thiocyanates is 1. The number of ether oxygens (including phenoxy) is 2. The van der Waals surface area contributed by atoms with Gasteiger partial charge in [-0.3, -0.25) is 4.99 Å². The van der Waals surface area contributed by atoms with Crippen LogP contribution in [0.15, 0.2) is 46.3 Å². The molecule has 4 nitrogen and oxygen atoms in total. The maximum Gasteiger partial charge on any atom is 0.416 e. The van der Waals surface area contributed by atoms with Crippen LogP contribution in [-0.4, -0.2) is 30.1 Å². The van der Waals surface area contributed by atoms with Crippen molar-refractivity contribution in [1.82, 2.24) is 0 Å². The van der Waals surface area contributed by atoms with Gasteiger partial charge < -0.3 is 9.47 Å². The number of rotatable bonds is 6. The summed E-state index contributed by atoms with van der Waals surface area (Å²) in [6.07, 6.45) is -4.36. The van der Waals surface area contributed by atoms with Crippen molar-refractivity contribution in [2.75, 3.05) is 13.7 Å². The van der Waals surface area contributed by atoms with Gasteiger partial charge in [0.05, 0.1) is 29.0 Å². The second-order valence-corrected chi connectivity index (χ2v) is 8.73. The molecule has 158 valence electrons. The molecule has 1 heterocycles. The van der Waals surface area contributed by atoms with E-state index in [0.717, 1.165) is 34.4 Å². The van der Waals surface area contributed by atoms with Gasteiger partial charge in [-0.25, -0.2) is 0 Å². The summed E-state index contributed by atoms with van der Waals surface area (Å²) in [5.74, 6) is 1.12. The first-order chi connectivity index (χ1) is 14.2. The Kier molecular flexibility index (Phi) is 6.88. The molecule has 1 aliphatic rings. The number of thioether (sulfide) groups is 2. The summed E-state index contributed by atoms with van der Waals surface area (Å²) in [6, 6.07) is 8.59. The Morgan fingerprint density at radius 1 is 1.20 bits per heavy atom. The normalized spacial score (nSPS) is 18.6. The first kappa shape index (κ1) is 22.4. The van der Waals surface area contributed by atoms with Gasteiger partial charge in [0.2, 0.25) is 0 Å². The van der Waals surface area contributed by atoms with Crippen LogP contribution in [0.4, 0.5) is 13.2 Å². The Balaban J connectivity index is 1.67. The molecule has 0 radical (unpaired) electrons. The van der Waals surface area contributed by atoms with Crippen LogP contribution in [0.3, 0.4) is 0 Å². The number of hydrogen-bond acceptors (Lipinski definition) is 6. The molecule has 9 heteroatoms. The number of halogens is 3. The van der Waals surface area contributed by atoms with Gasteiger partial charge in [0, 0.05) is 10.5 Å². The predicted octanol–water partition coefficient (Wildman–Crippen LogP) is 5.93. The molecule has 2 aromatic rings. The van der Waals surface area contributed by atoms with Crippen LogP contribution in [-0.2, 0) is 6.18 Å². The van der Waals surface area contributed by atoms with Gasteiger partial charge >= 0.3 is 6.18 Å². The van der Waals surface area contributed by atoms with Gasteiger partial charge in [-0.05, 0) is 55.4 Å². The fourth-order valence-electron chi connectivity index (χ4n) is 2.90. The maximum absolute atomic E-state index is 12.8. The van der Waals surface area contributed by atoms with E-state index in [9.17, 15) is 13.2 Å². The summed E-state index contributed by atoms with van der Waals surface area (Å²) in [5, 5.41) is 11.7. The Morgan fingerprint density at radius 2 is 1.90 bits per heavy atom. The molecule has 2 unspecified atom stereocenters. The zero-order chi connectivity index (χ0) is 21.9. The SMILES string of the molecule is COc1cc(SC#N)c(C)cc1OCC1SC(c2ccc(C(F)(F)F)cc2)=NC1C. The number of nitrogens with zero attached hydrogens (tertiary/aromatic N) is 2. The van der Waals surface area contributed by atoms with Crippen LogP contribution >= 0.6 is 23.5 Å². The Hall–Kier alpha value is -2.31. The van der Waals surface area contributed by atoms with Crippen LogP contribution in [0.5, 0.6) is 11.5 Å². The number of aryl methyl sites for hydroxylation is 1. The summed E-state index contributed by atoms with van der Waals surface area (Å²) in [5.41, 5.74) is 0.892. The first-order valence-corrected chi connectivity index (χ1v) is 10.7. The topological polar surface area (TPSA) is 54.6 Å². The average molecular weight is 453 g/mol. The van der Waals surface area contributed by atoms with Crippen molar-refractivity contribution in [2.45, 2.75) is 36.2 Å². The molecule has 2 aromatic carbocycles. The Morgan fingerprint density at radius 3 is 2.50 bits per heavy atom. The smallest absolute Gasteiger partial charge is 0.416 e. The zero-order valence-corrected chi connectivity index (χ0v) is 18.1. The van der Waals surface area contributed by atoms with Gasteiger partial charge in [0.25, 0.3) is 0 Å². The summed E-state index contributed by atoms with van der Waals surface area (Å²) < 4.78 is 49.7. The van der Waals surface area contributed by atoms with Crippen molar-refractivity contribution in [2.24, 2.45) is 4.99 Å². The minimum atomic E-state index is -4.36. The predicted molar refractivity (Wildman–Crippen MR) is 114 cm³/mol. The van der Waals surface area contributed by atoms with Crippen LogP contribution in [0, 0.1) is 17.6 Å². The molecule has 2 atom stereocenters. The molecule has 0 fully saturated rings. The molecular formula is C21H19F3N2O2S2. The highest BCUT2D eigenvalue weighted by atomic mass is 32.2. The van der Waals surface area contributed by atoms with Gasteiger partial charge in [-0.2, -0.15) is 18.4 Å². The van der Waals surface area contributed by atoms with E-state index in [1.54, 1.807) is 6.07 Å². The van der Waals surface area contributed by atoms with E-state index in [4.69, 9.17) is 14.7 Å². The van der Waals surface area contributed by atoms with Crippen LogP contribution in [0.1, 0.15) is 23.6 Å². The molecule has 30 heavy (non-hydrogen) atoms. The minimum absolute atomic E-state index is 0.0143. The standard InChI is InChI=1S/C21H19F3N2O2S2/c1-12-8-17(16(27-3)9-18(12)29-11-25)28-10-19-13(2)26-20(30-19)14-4-6-15(7-5-14)21(22,23)24/h4-9,13,19H,10H2,1-3H3. The third-order valence-electron chi connectivity index (χ3n) is 4.60. The molecule has 0 saturated heterocycles. The van der Waals surface area contributed by atoms with E-state index in [-0.39, 0.29) is 11.3 Å². The number of alkyl halides is 3.